The first-order valence-corrected chi connectivity index (χ1v) is 8.73. The molecule has 2 aromatic rings. The van der Waals surface area contributed by atoms with E-state index in [1.807, 2.05) is 0 Å². The Hall–Kier alpha value is -1.54. The molecule has 24 heavy (non-hydrogen) atoms. The number of aromatic amines is 1. The Balaban J connectivity index is 1.98. The molecule has 0 saturated heterocycles. The topological polar surface area (TPSA) is 95.1 Å². The molecule has 0 bridgehead atoms. The third kappa shape index (κ3) is 4.98. The lowest BCUT2D eigenvalue weighted by Crippen LogP contribution is -2.19. The van der Waals surface area contributed by atoms with Crippen LogP contribution < -0.4 is 10.9 Å². The maximum Gasteiger partial charge on any atom is 0.255 e. The van der Waals surface area contributed by atoms with Crippen LogP contribution >= 0.6 is 35.0 Å². The Bertz CT molecular complexity index is 811. The molecule has 1 aromatic carbocycles. The number of hydrogen-bond acceptors (Lipinski definition) is 5. The molecule has 0 atom stereocenters. The normalized spacial score (nSPS) is 10.7. The van der Waals surface area contributed by atoms with Gasteiger partial charge in [0.2, 0.25) is 5.91 Å². The van der Waals surface area contributed by atoms with Crippen molar-refractivity contribution in [3.05, 3.63) is 49.9 Å². The molecule has 1 heterocycles. The lowest BCUT2D eigenvalue weighted by molar-refractivity contribution is -0.113. The molecule has 9 heteroatoms. The average Bonchev–Trinajstić information content (AvgIpc) is 2.52. The number of halogens is 2. The van der Waals surface area contributed by atoms with Crippen molar-refractivity contribution in [2.75, 3.05) is 17.7 Å². The zero-order valence-corrected chi connectivity index (χ0v) is 15.1. The van der Waals surface area contributed by atoms with Gasteiger partial charge in [-0.1, -0.05) is 35.0 Å². The molecule has 0 unspecified atom stereocenters. The van der Waals surface area contributed by atoms with Gasteiger partial charge in [0.25, 0.3) is 5.56 Å². The number of H-pyrrole nitrogens is 1. The second-order valence-corrected chi connectivity index (χ2v) is 6.65. The summed E-state index contributed by atoms with van der Waals surface area (Å²) in [6.07, 6.45) is 0.247. The van der Waals surface area contributed by atoms with E-state index in [0.29, 0.717) is 32.1 Å². The Morgan fingerprint density at radius 1 is 1.38 bits per heavy atom. The van der Waals surface area contributed by atoms with E-state index in [0.717, 1.165) is 11.8 Å². The first kappa shape index (κ1) is 18.8. The molecule has 0 aliphatic carbocycles. The summed E-state index contributed by atoms with van der Waals surface area (Å²) in [6, 6.07) is 4.79. The van der Waals surface area contributed by atoms with Gasteiger partial charge >= 0.3 is 0 Å². The Morgan fingerprint density at radius 2 is 2.12 bits per heavy atom. The van der Waals surface area contributed by atoms with Crippen LogP contribution in [0, 0.1) is 6.92 Å². The molecule has 0 aliphatic heterocycles. The predicted molar refractivity (Wildman–Crippen MR) is 96.2 cm³/mol. The number of aliphatic hydroxyl groups is 1. The Labute approximate surface area is 152 Å². The van der Waals surface area contributed by atoms with Crippen LogP contribution in [-0.4, -0.2) is 33.3 Å². The fourth-order valence-corrected chi connectivity index (χ4v) is 2.97. The van der Waals surface area contributed by atoms with Crippen molar-refractivity contribution < 1.29 is 9.90 Å². The van der Waals surface area contributed by atoms with Crippen molar-refractivity contribution in [1.82, 2.24) is 9.97 Å². The monoisotopic (exact) mass is 387 g/mol. The Morgan fingerprint density at radius 3 is 2.75 bits per heavy atom. The van der Waals surface area contributed by atoms with Crippen LogP contribution in [0.3, 0.4) is 0 Å². The number of hydrogen-bond donors (Lipinski definition) is 3. The number of carbonyl (C=O) groups is 1. The summed E-state index contributed by atoms with van der Waals surface area (Å²) in [6.45, 7) is 1.57. The number of anilines is 1. The SMILES string of the molecule is Cc1nc(SCC(=O)Nc2ccc(Cl)c(Cl)c2)[nH]c(=O)c1CCO. The van der Waals surface area contributed by atoms with Crippen LogP contribution in [-0.2, 0) is 11.2 Å². The van der Waals surface area contributed by atoms with Crippen LogP contribution in [0.25, 0.3) is 0 Å². The van der Waals surface area contributed by atoms with Gasteiger partial charge in [0.1, 0.15) is 0 Å². The summed E-state index contributed by atoms with van der Waals surface area (Å²) in [4.78, 5) is 30.7. The van der Waals surface area contributed by atoms with Crippen LogP contribution in [0.1, 0.15) is 11.3 Å². The molecule has 0 aliphatic rings. The highest BCUT2D eigenvalue weighted by atomic mass is 35.5. The maximum absolute atomic E-state index is 12.0. The number of rotatable bonds is 6. The van der Waals surface area contributed by atoms with E-state index in [9.17, 15) is 9.59 Å². The minimum absolute atomic E-state index is 0.0714. The van der Waals surface area contributed by atoms with Gasteiger partial charge in [-0.25, -0.2) is 4.98 Å². The predicted octanol–water partition coefficient (Wildman–Crippen LogP) is 2.65. The van der Waals surface area contributed by atoms with E-state index in [1.165, 1.54) is 0 Å². The molecule has 3 N–H and O–H groups in total. The Kier molecular flexibility index (Phi) is 6.68. The van der Waals surface area contributed by atoms with Gasteiger partial charge in [0.15, 0.2) is 5.16 Å². The van der Waals surface area contributed by atoms with Crippen LogP contribution in [0.5, 0.6) is 0 Å². The largest absolute Gasteiger partial charge is 0.396 e. The van der Waals surface area contributed by atoms with Gasteiger partial charge in [-0.05, 0) is 25.1 Å². The van der Waals surface area contributed by atoms with Gasteiger partial charge in [-0.15, -0.1) is 0 Å². The highest BCUT2D eigenvalue weighted by molar-refractivity contribution is 7.99. The molecular formula is C15H15Cl2N3O3S. The van der Waals surface area contributed by atoms with E-state index in [2.05, 4.69) is 15.3 Å². The van der Waals surface area contributed by atoms with Gasteiger partial charge < -0.3 is 15.4 Å². The number of nitrogens with zero attached hydrogens (tertiary/aromatic N) is 1. The molecule has 128 valence electrons. The first-order chi connectivity index (χ1) is 11.4. The highest BCUT2D eigenvalue weighted by Gasteiger charge is 2.10. The minimum atomic E-state index is -0.302. The number of benzene rings is 1. The fourth-order valence-electron chi connectivity index (χ4n) is 1.96. The zero-order chi connectivity index (χ0) is 17.7. The van der Waals surface area contributed by atoms with Crippen LogP contribution in [0.15, 0.2) is 28.2 Å². The van der Waals surface area contributed by atoms with E-state index >= 15 is 0 Å². The molecule has 0 fully saturated rings. The molecule has 1 aromatic heterocycles. The summed E-state index contributed by atoms with van der Waals surface area (Å²) in [5, 5.41) is 12.7. The van der Waals surface area contributed by atoms with E-state index in [4.69, 9.17) is 28.3 Å². The molecule has 1 amide bonds. The van der Waals surface area contributed by atoms with Gasteiger partial charge in [-0.2, -0.15) is 0 Å². The standard InChI is InChI=1S/C15H15Cl2N3O3S/c1-8-10(4-5-21)14(23)20-15(18-8)24-7-13(22)19-9-2-3-11(16)12(17)6-9/h2-3,6,21H,4-5,7H2,1H3,(H,19,22)(H,18,20,23). The van der Waals surface area contributed by atoms with E-state index in [-0.39, 0.29) is 30.2 Å². The third-order valence-corrected chi connectivity index (χ3v) is 4.72. The summed E-state index contributed by atoms with van der Waals surface area (Å²) in [7, 11) is 0. The summed E-state index contributed by atoms with van der Waals surface area (Å²) in [5.41, 5.74) is 1.22. The summed E-state index contributed by atoms with van der Waals surface area (Å²) >= 11 is 12.8. The number of amides is 1. The zero-order valence-electron chi connectivity index (χ0n) is 12.7. The summed E-state index contributed by atoms with van der Waals surface area (Å²) in [5.74, 6) is -0.194. The number of aryl methyl sites for hydroxylation is 1. The minimum Gasteiger partial charge on any atom is -0.396 e. The maximum atomic E-state index is 12.0. The lowest BCUT2D eigenvalue weighted by atomic mass is 10.2. The molecule has 0 radical (unpaired) electrons. The molecule has 0 saturated carbocycles. The quantitative estimate of drug-likeness (QED) is 0.523. The number of aromatic nitrogens is 2. The van der Waals surface area contributed by atoms with Gasteiger partial charge in [0.05, 0.1) is 15.8 Å². The van der Waals surface area contributed by atoms with E-state index in [1.54, 1.807) is 25.1 Å². The van der Waals surface area contributed by atoms with Crippen LogP contribution in [0.4, 0.5) is 5.69 Å². The van der Waals surface area contributed by atoms with Crippen molar-refractivity contribution in [3.8, 4) is 0 Å². The number of carbonyl (C=O) groups excluding carboxylic acids is 1. The smallest absolute Gasteiger partial charge is 0.255 e. The van der Waals surface area contributed by atoms with E-state index < -0.39 is 0 Å². The van der Waals surface area contributed by atoms with Crippen molar-refractivity contribution in [2.24, 2.45) is 0 Å². The van der Waals surface area contributed by atoms with Crippen molar-refractivity contribution in [3.63, 3.8) is 0 Å². The second kappa shape index (κ2) is 8.53. The van der Waals surface area contributed by atoms with Crippen molar-refractivity contribution >= 4 is 46.6 Å². The average molecular weight is 388 g/mol. The molecule has 2 rings (SSSR count). The second-order valence-electron chi connectivity index (χ2n) is 4.87. The number of aliphatic hydroxyl groups excluding tert-OH is 1. The third-order valence-electron chi connectivity index (χ3n) is 3.11. The number of nitrogens with one attached hydrogen (secondary N) is 2. The lowest BCUT2D eigenvalue weighted by Gasteiger charge is -2.07. The number of thioether (sulfide) groups is 1. The summed E-state index contributed by atoms with van der Waals surface area (Å²) < 4.78 is 0. The van der Waals surface area contributed by atoms with Crippen molar-refractivity contribution in [2.45, 2.75) is 18.5 Å². The molecule has 0 spiro atoms. The first-order valence-electron chi connectivity index (χ1n) is 6.99. The molecule has 6 nitrogen and oxygen atoms in total. The van der Waals surface area contributed by atoms with Gasteiger partial charge in [-0.3, -0.25) is 9.59 Å². The highest BCUT2D eigenvalue weighted by Crippen LogP contribution is 2.25. The molecular weight excluding hydrogens is 373 g/mol. The van der Waals surface area contributed by atoms with Gasteiger partial charge in [0, 0.05) is 30.0 Å². The fraction of sp³-hybridized carbons (Fsp3) is 0.267. The van der Waals surface area contributed by atoms with Crippen molar-refractivity contribution in [1.29, 1.82) is 0 Å². The van der Waals surface area contributed by atoms with Crippen LogP contribution in [0.2, 0.25) is 10.0 Å².